The lowest BCUT2D eigenvalue weighted by molar-refractivity contribution is -0.122. The van der Waals surface area contributed by atoms with Crippen molar-refractivity contribution in [3.63, 3.8) is 0 Å². The molecule has 0 amide bonds. The van der Waals surface area contributed by atoms with Gasteiger partial charge in [-0.2, -0.15) is 0 Å². The minimum atomic E-state index is -0.981. The summed E-state index contributed by atoms with van der Waals surface area (Å²) in [5.41, 5.74) is 6.39. The fourth-order valence-electron chi connectivity index (χ4n) is 4.79. The summed E-state index contributed by atoms with van der Waals surface area (Å²) in [5.74, 6) is 0.290. The van der Waals surface area contributed by atoms with E-state index in [-0.39, 0.29) is 11.5 Å². The van der Waals surface area contributed by atoms with Crippen LogP contribution in [0.2, 0.25) is 0 Å². The molecule has 5 nitrogen and oxygen atoms in total. The Morgan fingerprint density at radius 2 is 1.55 bits per heavy atom. The van der Waals surface area contributed by atoms with Gasteiger partial charge in [-0.05, 0) is 54.2 Å². The molecule has 0 bridgehead atoms. The molecule has 0 saturated heterocycles. The number of ketones is 1. The second kappa shape index (κ2) is 8.66. The number of imidazole rings is 1. The molecule has 1 saturated carbocycles. The molecular formula is C28H26N2O3. The van der Waals surface area contributed by atoms with Crippen LogP contribution < -0.4 is 0 Å². The molecule has 2 N–H and O–H groups in total. The SMILES string of the molecule is Cc1cc(C(=O)O)c2nc(-c3ccc(-c4ccc(CC(=O)C5CCCC5)cc4)cc3)[nH]c2c1. The van der Waals surface area contributed by atoms with Crippen LogP contribution in [0, 0.1) is 12.8 Å². The Morgan fingerprint density at radius 3 is 2.18 bits per heavy atom. The summed E-state index contributed by atoms with van der Waals surface area (Å²) in [4.78, 5) is 31.8. The zero-order chi connectivity index (χ0) is 22.9. The fourth-order valence-corrected chi connectivity index (χ4v) is 4.79. The van der Waals surface area contributed by atoms with Crippen molar-refractivity contribution in [1.29, 1.82) is 0 Å². The summed E-state index contributed by atoms with van der Waals surface area (Å²) < 4.78 is 0. The molecule has 166 valence electrons. The minimum absolute atomic E-state index is 0.204. The van der Waals surface area contributed by atoms with E-state index in [1.54, 1.807) is 6.07 Å². The largest absolute Gasteiger partial charge is 0.478 e. The number of benzene rings is 3. The van der Waals surface area contributed by atoms with Crippen LogP contribution in [0.3, 0.4) is 0 Å². The summed E-state index contributed by atoms with van der Waals surface area (Å²) in [6, 6.07) is 19.8. The minimum Gasteiger partial charge on any atom is -0.478 e. The van der Waals surface area contributed by atoms with Gasteiger partial charge in [-0.15, -0.1) is 0 Å². The van der Waals surface area contributed by atoms with Crippen LogP contribution in [0.25, 0.3) is 33.5 Å². The first-order valence-electron chi connectivity index (χ1n) is 11.4. The number of aryl methyl sites for hydroxylation is 1. The number of fused-ring (bicyclic) bond motifs is 1. The van der Waals surface area contributed by atoms with Gasteiger partial charge in [-0.3, -0.25) is 4.79 Å². The van der Waals surface area contributed by atoms with Gasteiger partial charge in [0, 0.05) is 17.9 Å². The Morgan fingerprint density at radius 1 is 0.939 bits per heavy atom. The number of nitrogens with one attached hydrogen (secondary N) is 1. The first kappa shape index (κ1) is 21.1. The first-order valence-corrected chi connectivity index (χ1v) is 11.4. The maximum Gasteiger partial charge on any atom is 0.337 e. The normalized spacial score (nSPS) is 14.1. The van der Waals surface area contributed by atoms with Gasteiger partial charge in [0.15, 0.2) is 0 Å². The number of Topliss-reactive ketones (excluding diaryl/α,β-unsaturated/α-hetero) is 1. The third-order valence-electron chi connectivity index (χ3n) is 6.60. The van der Waals surface area contributed by atoms with Crippen molar-refractivity contribution in [2.75, 3.05) is 0 Å². The van der Waals surface area contributed by atoms with E-state index in [1.807, 2.05) is 49.4 Å². The van der Waals surface area contributed by atoms with Crippen LogP contribution in [-0.4, -0.2) is 26.8 Å². The Bertz CT molecular complexity index is 1330. The molecule has 1 aromatic heterocycles. The van der Waals surface area contributed by atoms with E-state index in [0.717, 1.165) is 40.7 Å². The zero-order valence-corrected chi connectivity index (χ0v) is 18.6. The van der Waals surface area contributed by atoms with Gasteiger partial charge in [0.25, 0.3) is 0 Å². The number of carbonyl (C=O) groups is 2. The van der Waals surface area contributed by atoms with Gasteiger partial charge in [0.1, 0.15) is 17.1 Å². The number of hydrogen-bond donors (Lipinski definition) is 2. The third-order valence-corrected chi connectivity index (χ3v) is 6.60. The van der Waals surface area contributed by atoms with Crippen molar-refractivity contribution in [3.8, 4) is 22.5 Å². The van der Waals surface area contributed by atoms with Crippen molar-refractivity contribution >= 4 is 22.8 Å². The zero-order valence-electron chi connectivity index (χ0n) is 18.6. The Hall–Kier alpha value is -3.73. The lowest BCUT2D eigenvalue weighted by Crippen LogP contribution is -2.13. The molecule has 5 heteroatoms. The smallest absolute Gasteiger partial charge is 0.337 e. The number of aromatic carboxylic acids is 1. The Balaban J connectivity index is 1.35. The molecular weight excluding hydrogens is 412 g/mol. The average molecular weight is 439 g/mol. The Kier molecular flexibility index (Phi) is 5.55. The van der Waals surface area contributed by atoms with Crippen LogP contribution >= 0.6 is 0 Å². The second-order valence-corrected chi connectivity index (χ2v) is 9.00. The number of hydrogen-bond acceptors (Lipinski definition) is 3. The molecule has 1 aliphatic carbocycles. The molecule has 1 heterocycles. The predicted molar refractivity (Wildman–Crippen MR) is 129 cm³/mol. The molecule has 1 aliphatic rings. The molecule has 33 heavy (non-hydrogen) atoms. The van der Waals surface area contributed by atoms with E-state index in [0.29, 0.717) is 29.1 Å². The van der Waals surface area contributed by atoms with Crippen molar-refractivity contribution in [2.24, 2.45) is 5.92 Å². The maximum atomic E-state index is 12.4. The number of rotatable bonds is 6. The van der Waals surface area contributed by atoms with E-state index < -0.39 is 5.97 Å². The molecule has 0 aliphatic heterocycles. The number of carbonyl (C=O) groups excluding carboxylic acids is 1. The standard InChI is InChI=1S/C28H26N2O3/c1-17-14-23(28(32)33)26-24(15-17)29-27(30-26)22-12-10-20(11-13-22)19-8-6-18(7-9-19)16-25(31)21-4-2-3-5-21/h6-15,21H,2-5,16H2,1H3,(H,29,30)(H,32,33). The maximum absolute atomic E-state index is 12.4. The van der Waals surface area contributed by atoms with E-state index >= 15 is 0 Å². The lowest BCUT2D eigenvalue weighted by atomic mass is 9.95. The van der Waals surface area contributed by atoms with E-state index in [2.05, 4.69) is 22.1 Å². The summed E-state index contributed by atoms with van der Waals surface area (Å²) >= 11 is 0. The van der Waals surface area contributed by atoms with E-state index in [9.17, 15) is 14.7 Å². The number of carboxylic acid groups (broad SMARTS) is 1. The predicted octanol–water partition coefficient (Wildman–Crippen LogP) is 6.21. The van der Waals surface area contributed by atoms with Crippen LogP contribution in [0.15, 0.2) is 60.7 Å². The highest BCUT2D eigenvalue weighted by atomic mass is 16.4. The van der Waals surface area contributed by atoms with Gasteiger partial charge < -0.3 is 10.1 Å². The van der Waals surface area contributed by atoms with Crippen molar-refractivity contribution in [2.45, 2.75) is 39.0 Å². The number of nitrogens with zero attached hydrogens (tertiary/aromatic N) is 1. The van der Waals surface area contributed by atoms with Crippen LogP contribution in [-0.2, 0) is 11.2 Å². The summed E-state index contributed by atoms with van der Waals surface area (Å²) in [5, 5.41) is 9.50. The van der Waals surface area contributed by atoms with E-state index in [4.69, 9.17) is 0 Å². The summed E-state index contributed by atoms with van der Waals surface area (Å²) in [6.07, 6.45) is 4.98. The second-order valence-electron chi connectivity index (χ2n) is 9.00. The van der Waals surface area contributed by atoms with Crippen molar-refractivity contribution < 1.29 is 14.7 Å². The third kappa shape index (κ3) is 4.31. The van der Waals surface area contributed by atoms with E-state index in [1.165, 1.54) is 12.8 Å². The average Bonchev–Trinajstić information content (AvgIpc) is 3.49. The highest BCUT2D eigenvalue weighted by molar-refractivity contribution is 6.02. The molecule has 0 atom stereocenters. The molecule has 0 spiro atoms. The fraction of sp³-hybridized carbons (Fsp3) is 0.250. The summed E-state index contributed by atoms with van der Waals surface area (Å²) in [7, 11) is 0. The van der Waals surface area contributed by atoms with Crippen LogP contribution in [0.1, 0.15) is 47.2 Å². The van der Waals surface area contributed by atoms with Gasteiger partial charge in [-0.25, -0.2) is 9.78 Å². The topological polar surface area (TPSA) is 83.0 Å². The molecule has 5 rings (SSSR count). The van der Waals surface area contributed by atoms with Crippen LogP contribution in [0.5, 0.6) is 0 Å². The Labute approximate surface area is 192 Å². The lowest BCUT2D eigenvalue weighted by Gasteiger charge is -2.09. The number of aromatic nitrogens is 2. The van der Waals surface area contributed by atoms with Crippen molar-refractivity contribution in [3.05, 3.63) is 77.4 Å². The molecule has 0 unspecified atom stereocenters. The molecule has 4 aromatic rings. The van der Waals surface area contributed by atoms with Crippen molar-refractivity contribution in [1.82, 2.24) is 9.97 Å². The molecule has 1 fully saturated rings. The quantitative estimate of drug-likeness (QED) is 0.375. The summed E-state index contributed by atoms with van der Waals surface area (Å²) in [6.45, 7) is 1.87. The number of H-pyrrole nitrogens is 1. The van der Waals surface area contributed by atoms with Crippen LogP contribution in [0.4, 0.5) is 0 Å². The van der Waals surface area contributed by atoms with Gasteiger partial charge in [-0.1, -0.05) is 61.4 Å². The highest BCUT2D eigenvalue weighted by Gasteiger charge is 2.22. The number of carboxylic acids is 1. The number of aromatic amines is 1. The monoisotopic (exact) mass is 438 g/mol. The molecule has 3 aromatic carbocycles. The first-order chi connectivity index (χ1) is 16.0. The van der Waals surface area contributed by atoms with Gasteiger partial charge in [0.2, 0.25) is 0 Å². The highest BCUT2D eigenvalue weighted by Crippen LogP contribution is 2.29. The molecule has 0 radical (unpaired) electrons. The van der Waals surface area contributed by atoms with Gasteiger partial charge in [0.05, 0.1) is 11.1 Å². The van der Waals surface area contributed by atoms with Gasteiger partial charge >= 0.3 is 5.97 Å².